The predicted octanol–water partition coefficient (Wildman–Crippen LogP) is 3.81. The number of nitrogens with one attached hydrogen (secondary N) is 1. The summed E-state index contributed by atoms with van der Waals surface area (Å²) in [7, 11) is 1.90. The van der Waals surface area contributed by atoms with E-state index in [-0.39, 0.29) is 6.04 Å². The van der Waals surface area contributed by atoms with E-state index in [2.05, 4.69) is 17.2 Å². The first kappa shape index (κ1) is 12.9. The fraction of sp³-hybridized carbons (Fsp3) is 0.214. The number of hydrogen-bond donors (Lipinski definition) is 1. The molecule has 3 nitrogen and oxygen atoms in total. The molecule has 2 aromatic rings. The summed E-state index contributed by atoms with van der Waals surface area (Å²) in [6, 6.07) is 11.3. The molecule has 0 aliphatic carbocycles. The van der Waals surface area contributed by atoms with Crippen molar-refractivity contribution in [3.05, 3.63) is 53.2 Å². The van der Waals surface area contributed by atoms with Gasteiger partial charge in [-0.15, -0.1) is 0 Å². The molecule has 1 aromatic heterocycles. The van der Waals surface area contributed by atoms with E-state index in [0.717, 1.165) is 5.56 Å². The highest BCUT2D eigenvalue weighted by molar-refractivity contribution is 6.30. The quantitative estimate of drug-likeness (QED) is 0.910. The average molecular weight is 263 g/mol. The number of ether oxygens (including phenoxy) is 1. The van der Waals surface area contributed by atoms with E-state index in [0.29, 0.717) is 16.7 Å². The van der Waals surface area contributed by atoms with Crippen molar-refractivity contribution < 1.29 is 4.74 Å². The van der Waals surface area contributed by atoms with Gasteiger partial charge in [-0.25, -0.2) is 4.98 Å². The molecule has 0 fully saturated rings. The zero-order valence-electron chi connectivity index (χ0n) is 10.4. The molecule has 0 aliphatic rings. The molecular weight excluding hydrogens is 248 g/mol. The maximum absolute atomic E-state index is 5.93. The van der Waals surface area contributed by atoms with E-state index in [1.807, 2.05) is 37.4 Å². The number of hydrogen-bond acceptors (Lipinski definition) is 3. The van der Waals surface area contributed by atoms with Crippen LogP contribution in [-0.2, 0) is 0 Å². The van der Waals surface area contributed by atoms with Gasteiger partial charge < -0.3 is 10.1 Å². The summed E-state index contributed by atoms with van der Waals surface area (Å²) in [5, 5.41) is 3.82. The van der Waals surface area contributed by atoms with Gasteiger partial charge in [-0.3, -0.25) is 0 Å². The van der Waals surface area contributed by atoms with Gasteiger partial charge >= 0.3 is 0 Å². The first-order chi connectivity index (χ1) is 8.70. The van der Waals surface area contributed by atoms with Gasteiger partial charge in [-0.2, -0.15) is 0 Å². The highest BCUT2D eigenvalue weighted by atomic mass is 35.5. The second kappa shape index (κ2) is 5.85. The Morgan fingerprint density at radius 1 is 1.28 bits per heavy atom. The fourth-order valence-electron chi connectivity index (χ4n) is 1.62. The monoisotopic (exact) mass is 262 g/mol. The zero-order chi connectivity index (χ0) is 13.0. The normalized spacial score (nSPS) is 12.2. The number of benzene rings is 1. The van der Waals surface area contributed by atoms with Gasteiger partial charge in [0.15, 0.2) is 0 Å². The van der Waals surface area contributed by atoms with Crippen LogP contribution < -0.4 is 10.1 Å². The highest BCUT2D eigenvalue weighted by Crippen LogP contribution is 2.28. The molecule has 0 bridgehead atoms. The van der Waals surface area contributed by atoms with Gasteiger partial charge in [0.2, 0.25) is 5.88 Å². The molecule has 18 heavy (non-hydrogen) atoms. The minimum atomic E-state index is 0.174. The highest BCUT2D eigenvalue weighted by Gasteiger charge is 2.11. The lowest BCUT2D eigenvalue weighted by Crippen LogP contribution is -2.13. The van der Waals surface area contributed by atoms with E-state index in [9.17, 15) is 0 Å². The molecule has 94 valence electrons. The van der Waals surface area contributed by atoms with E-state index < -0.39 is 0 Å². The van der Waals surface area contributed by atoms with Crippen LogP contribution in [0.5, 0.6) is 11.6 Å². The number of rotatable bonds is 4. The van der Waals surface area contributed by atoms with Crippen LogP contribution in [-0.4, -0.2) is 12.0 Å². The standard InChI is InChI=1S/C14H15ClN2O/c1-10(16-2)13-7-4-8-17-14(13)18-12-6-3-5-11(15)9-12/h3-10,16H,1-2H3. The molecule has 0 amide bonds. The van der Waals surface area contributed by atoms with E-state index in [1.165, 1.54) is 0 Å². The molecule has 1 aromatic carbocycles. The Kier molecular flexibility index (Phi) is 4.18. The first-order valence-corrected chi connectivity index (χ1v) is 6.14. The molecule has 0 spiro atoms. The van der Waals surface area contributed by atoms with Crippen LogP contribution >= 0.6 is 11.6 Å². The van der Waals surface area contributed by atoms with Crippen molar-refractivity contribution in [3.8, 4) is 11.6 Å². The SMILES string of the molecule is CNC(C)c1cccnc1Oc1cccc(Cl)c1. The number of halogens is 1. The van der Waals surface area contributed by atoms with Crippen molar-refractivity contribution in [2.45, 2.75) is 13.0 Å². The molecule has 1 N–H and O–H groups in total. The average Bonchev–Trinajstić information content (AvgIpc) is 2.38. The number of aromatic nitrogens is 1. The maximum Gasteiger partial charge on any atom is 0.223 e. The van der Waals surface area contributed by atoms with Crippen LogP contribution in [0.2, 0.25) is 5.02 Å². The van der Waals surface area contributed by atoms with Crippen molar-refractivity contribution in [3.63, 3.8) is 0 Å². The Morgan fingerprint density at radius 2 is 2.11 bits per heavy atom. The lowest BCUT2D eigenvalue weighted by molar-refractivity contribution is 0.447. The number of nitrogens with zero attached hydrogens (tertiary/aromatic N) is 1. The van der Waals surface area contributed by atoms with E-state index in [1.54, 1.807) is 12.3 Å². The minimum Gasteiger partial charge on any atom is -0.439 e. The smallest absolute Gasteiger partial charge is 0.223 e. The minimum absolute atomic E-state index is 0.174. The van der Waals surface area contributed by atoms with Gasteiger partial charge in [-0.05, 0) is 38.2 Å². The van der Waals surface area contributed by atoms with E-state index in [4.69, 9.17) is 16.3 Å². The Balaban J connectivity index is 2.29. The summed E-state index contributed by atoms with van der Waals surface area (Å²) < 4.78 is 5.78. The van der Waals surface area contributed by atoms with Crippen LogP contribution in [0.3, 0.4) is 0 Å². The van der Waals surface area contributed by atoms with Gasteiger partial charge in [0, 0.05) is 22.8 Å². The third-order valence-electron chi connectivity index (χ3n) is 2.71. The molecule has 0 saturated carbocycles. The Morgan fingerprint density at radius 3 is 2.83 bits per heavy atom. The van der Waals surface area contributed by atoms with Crippen molar-refractivity contribution in [1.82, 2.24) is 10.3 Å². The molecule has 0 aliphatic heterocycles. The molecule has 2 rings (SSSR count). The fourth-order valence-corrected chi connectivity index (χ4v) is 1.80. The molecule has 0 radical (unpaired) electrons. The lowest BCUT2D eigenvalue weighted by Gasteiger charge is -2.14. The van der Waals surface area contributed by atoms with Gasteiger partial charge in [0.05, 0.1) is 0 Å². The van der Waals surface area contributed by atoms with Crippen LogP contribution in [0.4, 0.5) is 0 Å². The van der Waals surface area contributed by atoms with Crippen molar-refractivity contribution in [2.75, 3.05) is 7.05 Å². The molecule has 1 heterocycles. The zero-order valence-corrected chi connectivity index (χ0v) is 11.1. The first-order valence-electron chi connectivity index (χ1n) is 5.76. The Hall–Kier alpha value is -1.58. The molecular formula is C14H15ClN2O. The van der Waals surface area contributed by atoms with Crippen molar-refractivity contribution in [2.24, 2.45) is 0 Å². The molecule has 0 saturated heterocycles. The van der Waals surface area contributed by atoms with Gasteiger partial charge in [0.25, 0.3) is 0 Å². The predicted molar refractivity (Wildman–Crippen MR) is 73.2 cm³/mol. The van der Waals surface area contributed by atoms with Crippen LogP contribution in [0.15, 0.2) is 42.6 Å². The second-order valence-electron chi connectivity index (χ2n) is 3.97. The van der Waals surface area contributed by atoms with Crippen molar-refractivity contribution in [1.29, 1.82) is 0 Å². The number of pyridine rings is 1. The van der Waals surface area contributed by atoms with Gasteiger partial charge in [0.1, 0.15) is 5.75 Å². The van der Waals surface area contributed by atoms with Crippen LogP contribution in [0.25, 0.3) is 0 Å². The lowest BCUT2D eigenvalue weighted by atomic mass is 10.1. The summed E-state index contributed by atoms with van der Waals surface area (Å²) in [6.07, 6.45) is 1.71. The van der Waals surface area contributed by atoms with E-state index >= 15 is 0 Å². The Labute approximate surface area is 112 Å². The Bertz CT molecular complexity index is 531. The molecule has 4 heteroatoms. The summed E-state index contributed by atoms with van der Waals surface area (Å²) >= 11 is 5.93. The van der Waals surface area contributed by atoms with Crippen LogP contribution in [0.1, 0.15) is 18.5 Å². The summed E-state index contributed by atoms with van der Waals surface area (Å²) in [6.45, 7) is 2.06. The van der Waals surface area contributed by atoms with Crippen LogP contribution in [0, 0.1) is 0 Å². The largest absolute Gasteiger partial charge is 0.439 e. The molecule has 1 atom stereocenters. The summed E-state index contributed by atoms with van der Waals surface area (Å²) in [4.78, 5) is 4.27. The third-order valence-corrected chi connectivity index (χ3v) is 2.95. The second-order valence-corrected chi connectivity index (χ2v) is 4.40. The summed E-state index contributed by atoms with van der Waals surface area (Å²) in [5.74, 6) is 1.28. The maximum atomic E-state index is 5.93. The molecule has 1 unspecified atom stereocenters. The topological polar surface area (TPSA) is 34.2 Å². The van der Waals surface area contributed by atoms with Crippen molar-refractivity contribution >= 4 is 11.6 Å². The van der Waals surface area contributed by atoms with Gasteiger partial charge in [-0.1, -0.05) is 23.7 Å². The summed E-state index contributed by atoms with van der Waals surface area (Å²) in [5.41, 5.74) is 1.01. The third kappa shape index (κ3) is 3.00.